The predicted molar refractivity (Wildman–Crippen MR) is 59.9 cm³/mol. The van der Waals surface area contributed by atoms with Crippen LogP contribution >= 0.6 is 0 Å². The standard InChI is InChI=1S/C10H14N4O4/c1-6-12-13-10(18-6)11-8(15)4-14(5-9(16)17)7-2-3-7/h7H,2-5H2,1H3,(H,16,17)(H,11,13,15). The normalized spacial score (nSPS) is 14.8. The van der Waals surface area contributed by atoms with E-state index in [0.717, 1.165) is 12.8 Å². The fraction of sp³-hybridized carbons (Fsp3) is 0.600. The molecule has 1 aromatic heterocycles. The third-order valence-corrected chi connectivity index (χ3v) is 2.52. The number of anilines is 1. The molecule has 2 N–H and O–H groups in total. The first-order valence-corrected chi connectivity index (χ1v) is 5.60. The minimum Gasteiger partial charge on any atom is -0.480 e. The van der Waals surface area contributed by atoms with Gasteiger partial charge in [0.15, 0.2) is 0 Å². The van der Waals surface area contributed by atoms with Crippen molar-refractivity contribution in [3.8, 4) is 0 Å². The Kier molecular flexibility index (Phi) is 3.56. The molecule has 1 aromatic rings. The van der Waals surface area contributed by atoms with Gasteiger partial charge in [-0.25, -0.2) is 0 Å². The molecule has 0 spiro atoms. The lowest BCUT2D eigenvalue weighted by molar-refractivity contribution is -0.138. The molecule has 1 fully saturated rings. The zero-order chi connectivity index (χ0) is 13.1. The van der Waals surface area contributed by atoms with Gasteiger partial charge in [-0.2, -0.15) is 0 Å². The Labute approximate surface area is 103 Å². The fourth-order valence-corrected chi connectivity index (χ4v) is 1.62. The predicted octanol–water partition coefficient (Wildman–Crippen LogP) is -0.134. The summed E-state index contributed by atoms with van der Waals surface area (Å²) in [5, 5.41) is 18.4. The van der Waals surface area contributed by atoms with E-state index in [4.69, 9.17) is 9.52 Å². The van der Waals surface area contributed by atoms with Crippen molar-refractivity contribution in [3.63, 3.8) is 0 Å². The number of nitrogens with one attached hydrogen (secondary N) is 1. The summed E-state index contributed by atoms with van der Waals surface area (Å²) in [6.45, 7) is 1.49. The van der Waals surface area contributed by atoms with Gasteiger partial charge in [0.05, 0.1) is 13.1 Å². The first-order chi connectivity index (χ1) is 8.54. The largest absolute Gasteiger partial charge is 0.480 e. The molecule has 0 bridgehead atoms. The molecule has 8 heteroatoms. The minimum absolute atomic E-state index is 0.0123. The molecule has 0 unspecified atom stereocenters. The van der Waals surface area contributed by atoms with Gasteiger partial charge in [-0.1, -0.05) is 5.10 Å². The van der Waals surface area contributed by atoms with Crippen molar-refractivity contribution in [1.82, 2.24) is 15.1 Å². The quantitative estimate of drug-likeness (QED) is 0.727. The van der Waals surface area contributed by atoms with E-state index in [2.05, 4.69) is 15.5 Å². The average Bonchev–Trinajstić information content (AvgIpc) is 3.02. The molecule has 8 nitrogen and oxygen atoms in total. The van der Waals surface area contributed by atoms with E-state index in [0.29, 0.717) is 5.89 Å². The summed E-state index contributed by atoms with van der Waals surface area (Å²) in [6.07, 6.45) is 1.86. The number of carbonyl (C=O) groups is 2. The van der Waals surface area contributed by atoms with Crippen LogP contribution in [0.5, 0.6) is 0 Å². The van der Waals surface area contributed by atoms with Gasteiger partial charge >= 0.3 is 12.0 Å². The fourth-order valence-electron chi connectivity index (χ4n) is 1.62. The number of hydrogen-bond acceptors (Lipinski definition) is 6. The van der Waals surface area contributed by atoms with Gasteiger partial charge in [0.25, 0.3) is 0 Å². The van der Waals surface area contributed by atoms with Crippen LogP contribution in [0.3, 0.4) is 0 Å². The second kappa shape index (κ2) is 5.13. The van der Waals surface area contributed by atoms with Gasteiger partial charge in [0, 0.05) is 13.0 Å². The molecule has 1 heterocycles. The van der Waals surface area contributed by atoms with Crippen molar-refractivity contribution in [3.05, 3.63) is 5.89 Å². The molecule has 18 heavy (non-hydrogen) atoms. The number of hydrogen-bond donors (Lipinski definition) is 2. The van der Waals surface area contributed by atoms with Crippen LogP contribution in [-0.2, 0) is 9.59 Å². The number of rotatable bonds is 6. The smallest absolute Gasteiger partial charge is 0.322 e. The zero-order valence-corrected chi connectivity index (χ0v) is 9.92. The van der Waals surface area contributed by atoms with Gasteiger partial charge < -0.3 is 9.52 Å². The van der Waals surface area contributed by atoms with Crippen LogP contribution in [0.4, 0.5) is 6.01 Å². The summed E-state index contributed by atoms with van der Waals surface area (Å²) in [5.41, 5.74) is 0. The SMILES string of the molecule is Cc1nnc(NC(=O)CN(CC(=O)O)C2CC2)o1. The van der Waals surface area contributed by atoms with Gasteiger partial charge in [0.2, 0.25) is 11.8 Å². The summed E-state index contributed by atoms with van der Waals surface area (Å²) >= 11 is 0. The number of aliphatic carboxylic acids is 1. The summed E-state index contributed by atoms with van der Waals surface area (Å²) in [5.74, 6) is -0.940. The van der Waals surface area contributed by atoms with E-state index >= 15 is 0 Å². The number of nitrogens with zero attached hydrogens (tertiary/aromatic N) is 3. The molecule has 0 aromatic carbocycles. The van der Waals surface area contributed by atoms with Gasteiger partial charge in [0.1, 0.15) is 0 Å². The van der Waals surface area contributed by atoms with Crippen LogP contribution in [0, 0.1) is 6.92 Å². The van der Waals surface area contributed by atoms with Crippen molar-refractivity contribution >= 4 is 17.9 Å². The molecule has 1 saturated carbocycles. The monoisotopic (exact) mass is 254 g/mol. The molecule has 0 atom stereocenters. The van der Waals surface area contributed by atoms with Gasteiger partial charge in [-0.05, 0) is 12.8 Å². The molecule has 1 amide bonds. The van der Waals surface area contributed by atoms with E-state index in [1.807, 2.05) is 0 Å². The molecular formula is C10H14N4O4. The Morgan fingerprint density at radius 2 is 2.17 bits per heavy atom. The molecule has 1 aliphatic rings. The highest BCUT2D eigenvalue weighted by Crippen LogP contribution is 2.26. The Morgan fingerprint density at radius 3 is 2.67 bits per heavy atom. The van der Waals surface area contributed by atoms with E-state index in [9.17, 15) is 9.59 Å². The third-order valence-electron chi connectivity index (χ3n) is 2.52. The molecule has 2 rings (SSSR count). The van der Waals surface area contributed by atoms with E-state index in [1.165, 1.54) is 0 Å². The second-order valence-electron chi connectivity index (χ2n) is 4.20. The van der Waals surface area contributed by atoms with Crippen LogP contribution in [0.25, 0.3) is 0 Å². The maximum atomic E-state index is 11.7. The van der Waals surface area contributed by atoms with Crippen LogP contribution in [0.1, 0.15) is 18.7 Å². The number of aryl methyl sites for hydroxylation is 1. The maximum Gasteiger partial charge on any atom is 0.322 e. The first-order valence-electron chi connectivity index (χ1n) is 5.60. The van der Waals surface area contributed by atoms with Crippen molar-refractivity contribution in [1.29, 1.82) is 0 Å². The number of aromatic nitrogens is 2. The number of amides is 1. The zero-order valence-electron chi connectivity index (χ0n) is 9.92. The molecule has 0 saturated heterocycles. The van der Waals surface area contributed by atoms with Gasteiger partial charge in [-0.3, -0.25) is 19.8 Å². The van der Waals surface area contributed by atoms with Crippen molar-refractivity contribution < 1.29 is 19.1 Å². The molecular weight excluding hydrogens is 240 g/mol. The van der Waals surface area contributed by atoms with Crippen molar-refractivity contribution in [2.75, 3.05) is 18.4 Å². The van der Waals surface area contributed by atoms with Crippen LogP contribution in [0.15, 0.2) is 4.42 Å². The molecule has 98 valence electrons. The minimum atomic E-state index is -0.941. The summed E-state index contributed by atoms with van der Waals surface area (Å²) in [4.78, 5) is 24.0. The molecule has 0 aliphatic heterocycles. The van der Waals surface area contributed by atoms with E-state index in [-0.39, 0.29) is 31.1 Å². The highest BCUT2D eigenvalue weighted by atomic mass is 16.4. The van der Waals surface area contributed by atoms with E-state index in [1.54, 1.807) is 11.8 Å². The molecule has 0 radical (unpaired) electrons. The van der Waals surface area contributed by atoms with Crippen LogP contribution in [0.2, 0.25) is 0 Å². The second-order valence-corrected chi connectivity index (χ2v) is 4.20. The summed E-state index contributed by atoms with van der Waals surface area (Å²) in [7, 11) is 0. The Bertz CT molecular complexity index is 454. The lowest BCUT2D eigenvalue weighted by atomic mass is 10.4. The van der Waals surface area contributed by atoms with E-state index < -0.39 is 5.97 Å². The summed E-state index contributed by atoms with van der Waals surface area (Å²) in [6, 6.07) is 0.222. The average molecular weight is 254 g/mol. The lowest BCUT2D eigenvalue weighted by Crippen LogP contribution is -2.38. The third kappa shape index (κ3) is 3.52. The Balaban J connectivity index is 1.86. The van der Waals surface area contributed by atoms with Crippen LogP contribution in [-0.4, -0.2) is 51.2 Å². The Morgan fingerprint density at radius 1 is 1.44 bits per heavy atom. The highest BCUT2D eigenvalue weighted by molar-refractivity contribution is 5.90. The van der Waals surface area contributed by atoms with Crippen molar-refractivity contribution in [2.24, 2.45) is 0 Å². The van der Waals surface area contributed by atoms with Gasteiger partial charge in [-0.15, -0.1) is 5.10 Å². The number of carboxylic acids is 1. The highest BCUT2D eigenvalue weighted by Gasteiger charge is 2.31. The first kappa shape index (κ1) is 12.5. The Hall–Kier alpha value is -1.96. The number of carboxylic acid groups (broad SMARTS) is 1. The van der Waals surface area contributed by atoms with Crippen molar-refractivity contribution in [2.45, 2.75) is 25.8 Å². The maximum absolute atomic E-state index is 11.7. The van der Waals surface area contributed by atoms with Crippen LogP contribution < -0.4 is 5.32 Å². The lowest BCUT2D eigenvalue weighted by Gasteiger charge is -2.18. The topological polar surface area (TPSA) is 109 Å². The summed E-state index contributed by atoms with van der Waals surface area (Å²) < 4.78 is 5.00. The number of carbonyl (C=O) groups excluding carboxylic acids is 1. The molecule has 1 aliphatic carbocycles.